The van der Waals surface area contributed by atoms with Gasteiger partial charge in [0.2, 0.25) is 0 Å². The molecule has 0 bridgehead atoms. The Balaban J connectivity index is 1.62. The molecule has 3 aromatic rings. The van der Waals surface area contributed by atoms with Crippen LogP contribution in [0, 0.1) is 0 Å². The molecule has 2 aromatic heterocycles. The first-order valence-corrected chi connectivity index (χ1v) is 14.0. The smallest absolute Gasteiger partial charge is 0.271 e. The number of alkyl halides is 1. The van der Waals surface area contributed by atoms with E-state index < -0.39 is 22.4 Å². The van der Waals surface area contributed by atoms with E-state index in [2.05, 4.69) is 31.2 Å². The molecular weight excluding hydrogens is 556 g/mol. The van der Waals surface area contributed by atoms with Crippen molar-refractivity contribution in [1.82, 2.24) is 31.2 Å². The third-order valence-corrected chi connectivity index (χ3v) is 7.41. The number of benzene rings is 1. The molecule has 0 spiro atoms. The van der Waals surface area contributed by atoms with Crippen LogP contribution in [0.1, 0.15) is 44.6 Å². The van der Waals surface area contributed by atoms with Gasteiger partial charge >= 0.3 is 0 Å². The van der Waals surface area contributed by atoms with E-state index in [4.69, 9.17) is 21.8 Å². The minimum Gasteiger partial charge on any atom is -0.395 e. The summed E-state index contributed by atoms with van der Waals surface area (Å²) in [5.41, 5.74) is 1.95. The molecule has 1 aliphatic rings. The molecule has 1 unspecified atom stereocenters. The monoisotopic (exact) mass is 590 g/mol. The number of pyridine rings is 2. The average Bonchev–Trinajstić information content (AvgIpc) is 3.00. The Hall–Kier alpha value is -3.93. The van der Waals surface area contributed by atoms with E-state index in [1.54, 1.807) is 55.7 Å². The van der Waals surface area contributed by atoms with Crippen LogP contribution in [-0.4, -0.2) is 68.8 Å². The van der Waals surface area contributed by atoms with Gasteiger partial charge in [-0.15, -0.1) is 11.6 Å². The van der Waals surface area contributed by atoms with Crippen molar-refractivity contribution in [2.75, 3.05) is 26.3 Å². The minimum absolute atomic E-state index is 0.0212. The fourth-order valence-electron chi connectivity index (χ4n) is 4.58. The fraction of sp³-hybridized carbons (Fsp3) is 0.290. The van der Waals surface area contributed by atoms with E-state index in [0.717, 1.165) is 16.7 Å². The molecular formula is C31H35ClN6O4. The first kappa shape index (κ1) is 31.0. The number of carbonyl (C=O) groups excluding carboxylic acids is 2. The van der Waals surface area contributed by atoms with Gasteiger partial charge in [-0.05, 0) is 47.4 Å². The first-order chi connectivity index (χ1) is 20.3. The molecule has 10 nitrogen and oxygen atoms in total. The molecule has 0 aliphatic heterocycles. The van der Waals surface area contributed by atoms with Crippen LogP contribution in [0.15, 0.2) is 85.2 Å². The lowest BCUT2D eigenvalue weighted by Gasteiger charge is -2.46. The van der Waals surface area contributed by atoms with Crippen LogP contribution in [0.2, 0.25) is 0 Å². The van der Waals surface area contributed by atoms with Crippen molar-refractivity contribution in [2.45, 2.75) is 30.6 Å². The van der Waals surface area contributed by atoms with Gasteiger partial charge in [-0.25, -0.2) is 0 Å². The van der Waals surface area contributed by atoms with Gasteiger partial charge in [0.1, 0.15) is 16.3 Å². The van der Waals surface area contributed by atoms with Crippen LogP contribution in [0.3, 0.4) is 0 Å². The van der Waals surface area contributed by atoms with Gasteiger partial charge < -0.3 is 31.5 Å². The molecule has 6 N–H and O–H groups in total. The maximum absolute atomic E-state index is 13.6. The lowest BCUT2D eigenvalue weighted by molar-refractivity contribution is 0.0818. The van der Waals surface area contributed by atoms with Crippen molar-refractivity contribution < 1.29 is 19.8 Å². The van der Waals surface area contributed by atoms with E-state index in [0.29, 0.717) is 31.8 Å². The molecule has 2 heterocycles. The molecule has 0 radical (unpaired) electrons. The summed E-state index contributed by atoms with van der Waals surface area (Å²) in [4.78, 5) is 34.5. The van der Waals surface area contributed by atoms with Crippen molar-refractivity contribution in [3.05, 3.63) is 113 Å². The Morgan fingerprint density at radius 1 is 0.810 bits per heavy atom. The maximum Gasteiger partial charge on any atom is 0.271 e. The van der Waals surface area contributed by atoms with Crippen molar-refractivity contribution >= 4 is 29.0 Å². The van der Waals surface area contributed by atoms with Gasteiger partial charge in [0.25, 0.3) is 11.8 Å². The largest absolute Gasteiger partial charge is 0.395 e. The number of nitrogens with one attached hydrogen (secondary N) is 4. The summed E-state index contributed by atoms with van der Waals surface area (Å²) >= 11 is 7.30. The minimum atomic E-state index is -1.56. The number of aliphatic hydroxyl groups is 2. The number of hydrogen-bond donors (Lipinski definition) is 6. The van der Waals surface area contributed by atoms with Gasteiger partial charge in [0.15, 0.2) is 5.66 Å². The SMILES string of the molecule is CC1(Cl)C(c2ccccc2)=CC=CC1(NC(=O)c1ccc(CNCCO)cn1)NC(=O)c1ccc(CNCCO)cn1. The molecule has 2 amide bonds. The number of aliphatic hydroxyl groups excluding tert-OH is 2. The molecule has 0 saturated heterocycles. The van der Waals surface area contributed by atoms with Crippen molar-refractivity contribution in [3.63, 3.8) is 0 Å². The van der Waals surface area contributed by atoms with E-state index in [9.17, 15) is 9.59 Å². The number of allylic oxidation sites excluding steroid dienone is 2. The third kappa shape index (κ3) is 7.28. The molecule has 11 heteroatoms. The summed E-state index contributed by atoms with van der Waals surface area (Å²) in [7, 11) is 0. The molecule has 1 aromatic carbocycles. The van der Waals surface area contributed by atoms with Crippen molar-refractivity contribution in [2.24, 2.45) is 0 Å². The number of carbonyl (C=O) groups is 2. The lowest BCUT2D eigenvalue weighted by atomic mass is 9.78. The van der Waals surface area contributed by atoms with Crippen molar-refractivity contribution in [1.29, 1.82) is 0 Å². The molecule has 0 saturated carbocycles. The second-order valence-corrected chi connectivity index (χ2v) is 10.7. The summed E-state index contributed by atoms with van der Waals surface area (Å²) in [6.45, 7) is 3.66. The van der Waals surface area contributed by atoms with Gasteiger partial charge in [-0.3, -0.25) is 19.6 Å². The zero-order valence-electron chi connectivity index (χ0n) is 23.3. The normalized spacial score (nSPS) is 17.4. The van der Waals surface area contributed by atoms with Crippen LogP contribution < -0.4 is 21.3 Å². The molecule has 220 valence electrons. The predicted molar refractivity (Wildman–Crippen MR) is 162 cm³/mol. The summed E-state index contributed by atoms with van der Waals surface area (Å²) in [6.07, 6.45) is 8.43. The average molecular weight is 591 g/mol. The zero-order chi connectivity index (χ0) is 30.0. The highest BCUT2D eigenvalue weighted by Gasteiger charge is 2.52. The Kier molecular flexibility index (Phi) is 10.6. The highest BCUT2D eigenvalue weighted by Crippen LogP contribution is 2.44. The van der Waals surface area contributed by atoms with Gasteiger partial charge in [-0.2, -0.15) is 0 Å². The van der Waals surface area contributed by atoms with Crippen molar-refractivity contribution in [3.8, 4) is 0 Å². The second-order valence-electron chi connectivity index (χ2n) is 9.93. The predicted octanol–water partition coefficient (Wildman–Crippen LogP) is 2.15. The molecule has 0 fully saturated rings. The number of rotatable bonds is 13. The summed E-state index contributed by atoms with van der Waals surface area (Å²) < 4.78 is 0. The maximum atomic E-state index is 13.6. The molecule has 1 aliphatic carbocycles. The van der Waals surface area contributed by atoms with E-state index in [1.807, 2.05) is 36.4 Å². The van der Waals surface area contributed by atoms with Gasteiger partial charge in [0.05, 0.1) is 13.2 Å². The van der Waals surface area contributed by atoms with E-state index >= 15 is 0 Å². The zero-order valence-corrected chi connectivity index (χ0v) is 24.1. The summed E-state index contributed by atoms with van der Waals surface area (Å²) in [6, 6.07) is 16.2. The van der Waals surface area contributed by atoms with E-state index in [-0.39, 0.29) is 24.6 Å². The van der Waals surface area contributed by atoms with Crippen LogP contribution in [0.5, 0.6) is 0 Å². The molecule has 4 rings (SSSR count). The number of nitrogens with zero attached hydrogens (tertiary/aromatic N) is 2. The highest BCUT2D eigenvalue weighted by molar-refractivity contribution is 6.32. The van der Waals surface area contributed by atoms with Crippen LogP contribution in [-0.2, 0) is 13.1 Å². The van der Waals surface area contributed by atoms with Crippen LogP contribution >= 0.6 is 11.6 Å². The number of halogens is 1. The number of aromatic nitrogens is 2. The Morgan fingerprint density at radius 2 is 1.33 bits per heavy atom. The third-order valence-electron chi connectivity index (χ3n) is 6.91. The standard InChI is InChI=1S/C31H35ClN6O4/c1-30(32)25(24-6-3-2-4-7-24)8-5-13-31(30,37-28(41)26-11-9-22(20-35-26)18-33-14-16-39)38-29(42)27-12-10-23(21-36-27)19-34-15-17-40/h2-13,20-21,33-34,39-40H,14-19H2,1H3,(H,37,41)(H,38,42). The number of hydrogen-bond acceptors (Lipinski definition) is 8. The number of amides is 2. The summed E-state index contributed by atoms with van der Waals surface area (Å²) in [5.74, 6) is -1.07. The Morgan fingerprint density at radius 3 is 1.79 bits per heavy atom. The Bertz CT molecular complexity index is 1340. The van der Waals surface area contributed by atoms with Gasteiger partial charge in [-0.1, -0.05) is 54.6 Å². The molecule has 42 heavy (non-hydrogen) atoms. The quantitative estimate of drug-likeness (QED) is 0.101. The molecule has 1 atom stereocenters. The lowest BCUT2D eigenvalue weighted by Crippen LogP contribution is -2.70. The Labute approximate surface area is 249 Å². The summed E-state index contributed by atoms with van der Waals surface area (Å²) in [5, 5.41) is 30.0. The second kappa shape index (κ2) is 14.3. The van der Waals surface area contributed by atoms with E-state index in [1.165, 1.54) is 0 Å². The topological polar surface area (TPSA) is 148 Å². The van der Waals surface area contributed by atoms with Gasteiger partial charge in [0, 0.05) is 38.6 Å². The van der Waals surface area contributed by atoms with Crippen LogP contribution in [0.4, 0.5) is 0 Å². The van der Waals surface area contributed by atoms with Crippen LogP contribution in [0.25, 0.3) is 5.57 Å². The fourth-order valence-corrected chi connectivity index (χ4v) is 4.91. The highest BCUT2D eigenvalue weighted by atomic mass is 35.5. The first-order valence-electron chi connectivity index (χ1n) is 13.6.